The Bertz CT molecular complexity index is 1030. The predicted octanol–water partition coefficient (Wildman–Crippen LogP) is 5.52. The van der Waals surface area contributed by atoms with E-state index in [9.17, 15) is 14.4 Å². The normalized spacial score (nSPS) is 27.2. The molecule has 2 aliphatic carbocycles. The summed E-state index contributed by atoms with van der Waals surface area (Å²) >= 11 is -0.318. The van der Waals surface area contributed by atoms with E-state index in [0.717, 1.165) is 18.4 Å². The number of fused-ring (bicyclic) bond motifs is 2. The van der Waals surface area contributed by atoms with E-state index in [1.54, 1.807) is 0 Å². The molecule has 2 bridgehead atoms. The van der Waals surface area contributed by atoms with E-state index in [0.29, 0.717) is 11.3 Å². The van der Waals surface area contributed by atoms with Gasteiger partial charge in [0.15, 0.2) is 0 Å². The Balaban J connectivity index is 1.68. The van der Waals surface area contributed by atoms with Gasteiger partial charge >= 0.3 is 203 Å². The first-order chi connectivity index (χ1) is 15.7. The molecule has 33 heavy (non-hydrogen) atoms. The fourth-order valence-electron chi connectivity index (χ4n) is 5.79. The number of hydrogen-bond donors (Lipinski definition) is 0. The molecule has 2 fully saturated rings. The van der Waals surface area contributed by atoms with Gasteiger partial charge in [0.2, 0.25) is 0 Å². The van der Waals surface area contributed by atoms with Crippen molar-refractivity contribution in [3.8, 4) is 0 Å². The molecule has 0 aliphatic heterocycles. The molecule has 5 heteroatoms. The molecule has 4 nitrogen and oxygen atoms in total. The summed E-state index contributed by atoms with van der Waals surface area (Å²) < 4.78 is 5.26. The Morgan fingerprint density at radius 1 is 1.03 bits per heavy atom. The van der Waals surface area contributed by atoms with E-state index in [4.69, 9.17) is 4.74 Å². The van der Waals surface area contributed by atoms with Crippen molar-refractivity contribution < 1.29 is 19.1 Å². The molecule has 0 radical (unpaired) electrons. The molecule has 5 atom stereocenters. The molecule has 0 N–H and O–H groups in total. The Morgan fingerprint density at radius 3 is 2.18 bits per heavy atom. The van der Waals surface area contributed by atoms with E-state index in [1.165, 1.54) is 7.11 Å². The van der Waals surface area contributed by atoms with E-state index in [2.05, 4.69) is 20.8 Å². The van der Waals surface area contributed by atoms with E-state index < -0.39 is 4.82 Å². The summed E-state index contributed by atoms with van der Waals surface area (Å²) in [7, 11) is 1.40. The van der Waals surface area contributed by atoms with Gasteiger partial charge in [-0.1, -0.05) is 0 Å². The third-order valence-corrected chi connectivity index (χ3v) is 11.8. The van der Waals surface area contributed by atoms with Gasteiger partial charge in [0.05, 0.1) is 0 Å². The number of ether oxygens (including phenoxy) is 1. The van der Waals surface area contributed by atoms with Crippen LogP contribution in [-0.4, -0.2) is 39.6 Å². The van der Waals surface area contributed by atoms with Crippen LogP contribution in [0.5, 0.6) is 0 Å². The second kappa shape index (κ2) is 9.19. The van der Waals surface area contributed by atoms with Gasteiger partial charge in [-0.2, -0.15) is 0 Å². The summed E-state index contributed by atoms with van der Waals surface area (Å²) in [5, 5.41) is 0. The molecule has 4 rings (SSSR count). The Hall–Kier alpha value is -2.23. The van der Waals surface area contributed by atoms with Crippen LogP contribution in [0, 0.1) is 16.7 Å². The van der Waals surface area contributed by atoms with Gasteiger partial charge < -0.3 is 0 Å². The molecule has 174 valence electrons. The predicted molar refractivity (Wildman–Crippen MR) is 129 cm³/mol. The summed E-state index contributed by atoms with van der Waals surface area (Å²) in [5.41, 5.74) is 1.19. The monoisotopic (exact) mass is 512 g/mol. The van der Waals surface area contributed by atoms with Crippen LogP contribution in [-0.2, 0) is 14.3 Å². The third kappa shape index (κ3) is 4.11. The minimum absolute atomic E-state index is 0.000664. The van der Waals surface area contributed by atoms with E-state index in [1.807, 2.05) is 60.7 Å². The van der Waals surface area contributed by atoms with Gasteiger partial charge in [-0.05, 0) is 0 Å². The fourth-order valence-corrected chi connectivity index (χ4v) is 10.0. The molecule has 0 saturated heterocycles. The number of carbonyl (C=O) groups is 3. The van der Waals surface area contributed by atoms with E-state index >= 15 is 0 Å². The molecule has 0 aromatic heterocycles. The summed E-state index contributed by atoms with van der Waals surface area (Å²) in [6.45, 7) is 6.52. The van der Waals surface area contributed by atoms with Crippen LogP contribution in [0.15, 0.2) is 60.7 Å². The number of ketones is 2. The molecule has 0 spiro atoms. The van der Waals surface area contributed by atoms with Gasteiger partial charge in [-0.3, -0.25) is 0 Å². The second-order valence-electron chi connectivity index (χ2n) is 10.1. The quantitative estimate of drug-likeness (QED) is 0.266. The molecule has 2 aromatic carbocycles. The second-order valence-corrected chi connectivity index (χ2v) is 12.8. The van der Waals surface area contributed by atoms with Crippen LogP contribution < -0.4 is 0 Å². The van der Waals surface area contributed by atoms with Crippen molar-refractivity contribution in [3.05, 3.63) is 71.8 Å². The van der Waals surface area contributed by atoms with Crippen molar-refractivity contribution in [2.24, 2.45) is 16.7 Å². The van der Waals surface area contributed by atoms with Crippen LogP contribution in [0.4, 0.5) is 0 Å². The molecule has 0 heterocycles. The third-order valence-electron chi connectivity index (χ3n) is 8.29. The fraction of sp³-hybridized carbons (Fsp3) is 0.464. The molecule has 0 amide bonds. The molecule has 2 aromatic rings. The van der Waals surface area contributed by atoms with Gasteiger partial charge in [0, 0.05) is 0 Å². The number of benzene rings is 2. The average Bonchev–Trinajstić information content (AvgIpc) is 3.14. The van der Waals surface area contributed by atoms with Crippen LogP contribution in [0.25, 0.3) is 0 Å². The van der Waals surface area contributed by atoms with Crippen molar-refractivity contribution in [2.75, 3.05) is 7.11 Å². The SMILES string of the molecule is COC(=O)[C@@H]([Se][C@@H]1C(=O)[C@]2(C)CC[C@H]1C2(C)C)[C@@H](CC(=O)c1ccccc1)c1ccccc1. The van der Waals surface area contributed by atoms with Crippen LogP contribution in [0.3, 0.4) is 0 Å². The standard InChI is InChI=1S/C28H32O4Se/c1-27(2)21-15-16-28(27,3)25(30)24(21)33-23(26(31)32-4)20(18-11-7-5-8-12-18)17-22(29)19-13-9-6-10-14-19/h5-14,20-21,23-24H,15-17H2,1-4H3/t20-,21+,23-,24-,28-/m0/s1. The van der Waals surface area contributed by atoms with E-state index in [-0.39, 0.29) is 60.6 Å². The Morgan fingerprint density at radius 2 is 1.64 bits per heavy atom. The summed E-state index contributed by atoms with van der Waals surface area (Å²) in [5.74, 6) is -0.0552. The Kier molecular flexibility index (Phi) is 6.66. The van der Waals surface area contributed by atoms with Crippen LogP contribution >= 0.6 is 0 Å². The first kappa shape index (κ1) is 23.9. The number of methoxy groups -OCH3 is 1. The number of carbonyl (C=O) groups excluding carboxylic acids is 3. The first-order valence-electron chi connectivity index (χ1n) is 11.6. The van der Waals surface area contributed by atoms with Gasteiger partial charge in [0.25, 0.3) is 0 Å². The van der Waals surface area contributed by atoms with Crippen molar-refractivity contribution in [3.63, 3.8) is 0 Å². The molecular weight excluding hydrogens is 479 g/mol. The summed E-state index contributed by atoms with van der Waals surface area (Å²) in [6, 6.07) is 19.0. The van der Waals surface area contributed by atoms with Gasteiger partial charge in [-0.25, -0.2) is 0 Å². The average molecular weight is 512 g/mol. The molecule has 2 aliphatic rings. The van der Waals surface area contributed by atoms with Gasteiger partial charge in [0.1, 0.15) is 0 Å². The molecule has 0 unspecified atom stereocenters. The van der Waals surface area contributed by atoms with Crippen molar-refractivity contribution >= 4 is 32.5 Å². The first-order valence-corrected chi connectivity index (χ1v) is 13.6. The molecule has 2 saturated carbocycles. The van der Waals surface area contributed by atoms with Crippen molar-refractivity contribution in [2.45, 2.75) is 55.6 Å². The minimum atomic E-state index is -0.495. The van der Waals surface area contributed by atoms with Crippen molar-refractivity contribution in [1.82, 2.24) is 0 Å². The zero-order valence-corrected chi connectivity index (χ0v) is 21.5. The van der Waals surface area contributed by atoms with Gasteiger partial charge in [-0.15, -0.1) is 0 Å². The zero-order valence-electron chi connectivity index (χ0n) is 19.7. The zero-order chi connectivity index (χ0) is 23.8. The number of esters is 1. The molecular formula is C28H32O4Se. The summed E-state index contributed by atoms with van der Waals surface area (Å²) in [4.78, 5) is 39.3. The Labute approximate surface area is 202 Å². The number of Topliss-reactive ketones (excluding diaryl/α,β-unsaturated/α-hetero) is 2. The maximum absolute atomic E-state index is 13.6. The summed E-state index contributed by atoms with van der Waals surface area (Å²) in [6.07, 6.45) is 2.16. The number of rotatable bonds is 8. The number of hydrogen-bond acceptors (Lipinski definition) is 4. The van der Waals surface area contributed by atoms with Crippen LogP contribution in [0.1, 0.15) is 61.9 Å². The van der Waals surface area contributed by atoms with Crippen LogP contribution in [0.2, 0.25) is 9.63 Å². The maximum atomic E-state index is 13.6. The van der Waals surface area contributed by atoms with Crippen molar-refractivity contribution in [1.29, 1.82) is 0 Å². The topological polar surface area (TPSA) is 60.4 Å².